The summed E-state index contributed by atoms with van der Waals surface area (Å²) in [5.74, 6) is 2.46. The third kappa shape index (κ3) is 4.08. The van der Waals surface area contributed by atoms with Crippen LogP contribution in [0.3, 0.4) is 0 Å². The molecule has 6 nitrogen and oxygen atoms in total. The molecule has 2 heterocycles. The van der Waals surface area contributed by atoms with Crippen LogP contribution in [0.1, 0.15) is 78.6 Å². The van der Waals surface area contributed by atoms with Crippen LogP contribution in [0.4, 0.5) is 17.5 Å². The molecule has 0 radical (unpaired) electrons. The molecule has 1 amide bonds. The molecule has 160 valence electrons. The number of aromatic nitrogens is 2. The van der Waals surface area contributed by atoms with Gasteiger partial charge >= 0.3 is 0 Å². The first-order valence-corrected chi connectivity index (χ1v) is 11.6. The Hall–Kier alpha value is -1.85. The van der Waals surface area contributed by atoms with Gasteiger partial charge in [0.05, 0.1) is 11.6 Å². The van der Waals surface area contributed by atoms with E-state index in [0.29, 0.717) is 30.5 Å². The van der Waals surface area contributed by atoms with Gasteiger partial charge < -0.3 is 15.1 Å². The summed E-state index contributed by atoms with van der Waals surface area (Å²) in [6, 6.07) is 0.834. The average Bonchev–Trinajstić information content (AvgIpc) is 3.24. The molecule has 1 N–H and O–H groups in total. The van der Waals surface area contributed by atoms with E-state index < -0.39 is 5.41 Å². The molecule has 2 aliphatic carbocycles. The molecule has 2 fully saturated rings. The summed E-state index contributed by atoms with van der Waals surface area (Å²) in [6.07, 6.45) is 13.3. The van der Waals surface area contributed by atoms with Gasteiger partial charge in [-0.1, -0.05) is 32.1 Å². The third-order valence-electron chi connectivity index (χ3n) is 7.31. The van der Waals surface area contributed by atoms with Crippen molar-refractivity contribution >= 4 is 23.4 Å². The van der Waals surface area contributed by atoms with Gasteiger partial charge in [0.25, 0.3) is 0 Å². The number of rotatable bonds is 4. The van der Waals surface area contributed by atoms with Gasteiger partial charge in [0.2, 0.25) is 11.9 Å². The van der Waals surface area contributed by atoms with Gasteiger partial charge in [-0.3, -0.25) is 4.79 Å². The van der Waals surface area contributed by atoms with Gasteiger partial charge in [0.15, 0.2) is 5.82 Å². The summed E-state index contributed by atoms with van der Waals surface area (Å²) in [7, 11) is 1.86. The number of nitrogens with zero attached hydrogens (tertiary/aromatic N) is 4. The Balaban J connectivity index is 1.64. The zero-order valence-corrected chi connectivity index (χ0v) is 18.6. The van der Waals surface area contributed by atoms with Crippen molar-refractivity contribution < 1.29 is 4.79 Å². The van der Waals surface area contributed by atoms with E-state index in [1.165, 1.54) is 57.8 Å². The zero-order valence-electron chi connectivity index (χ0n) is 18.6. The number of amides is 1. The second-order valence-electron chi connectivity index (χ2n) is 10.0. The minimum absolute atomic E-state index is 0.138. The number of carbonyl (C=O) groups is 1. The maximum absolute atomic E-state index is 13.1. The number of anilines is 3. The minimum Gasteiger partial charge on any atom is -0.351 e. The molecule has 0 spiro atoms. The number of fused-ring (bicyclic) bond motifs is 1. The van der Waals surface area contributed by atoms with Gasteiger partial charge in [-0.05, 0) is 52.4 Å². The maximum atomic E-state index is 13.1. The van der Waals surface area contributed by atoms with E-state index in [1.807, 2.05) is 13.2 Å². The molecule has 0 aromatic carbocycles. The quantitative estimate of drug-likeness (QED) is 0.801. The Morgan fingerprint density at radius 2 is 1.76 bits per heavy atom. The van der Waals surface area contributed by atoms with Crippen molar-refractivity contribution in [1.82, 2.24) is 9.97 Å². The molecular formula is C23H37N5O. The molecule has 1 unspecified atom stereocenters. The topological polar surface area (TPSA) is 61.4 Å². The highest BCUT2D eigenvalue weighted by Gasteiger charge is 2.41. The molecule has 6 heteroatoms. The predicted octanol–water partition coefficient (Wildman–Crippen LogP) is 4.61. The van der Waals surface area contributed by atoms with Crippen molar-refractivity contribution in [2.45, 2.75) is 90.6 Å². The summed E-state index contributed by atoms with van der Waals surface area (Å²) in [6.45, 7) is 7.08. The Morgan fingerprint density at radius 1 is 1.10 bits per heavy atom. The SMILES string of the molecule is CC(Nc1ncc2c(n1)N(C1CCCC1)CC(C)(C)C(=O)N2C)C1CCCCC1. The highest BCUT2D eigenvalue weighted by Crippen LogP contribution is 2.40. The molecule has 1 atom stereocenters. The lowest BCUT2D eigenvalue weighted by atomic mass is 9.85. The van der Waals surface area contributed by atoms with Crippen LogP contribution in [0.2, 0.25) is 0 Å². The van der Waals surface area contributed by atoms with E-state index in [0.717, 1.165) is 11.5 Å². The molecule has 0 saturated heterocycles. The Morgan fingerprint density at radius 3 is 2.45 bits per heavy atom. The van der Waals surface area contributed by atoms with Crippen molar-refractivity contribution in [2.75, 3.05) is 28.7 Å². The lowest BCUT2D eigenvalue weighted by molar-refractivity contribution is -0.125. The molecule has 4 rings (SSSR count). The molecule has 2 saturated carbocycles. The minimum atomic E-state index is -0.443. The van der Waals surface area contributed by atoms with E-state index in [1.54, 1.807) is 4.90 Å². The Labute approximate surface area is 175 Å². The molecule has 0 bridgehead atoms. The van der Waals surface area contributed by atoms with E-state index in [2.05, 4.69) is 36.0 Å². The number of hydrogen-bond donors (Lipinski definition) is 1. The molecule has 1 aromatic rings. The number of hydrogen-bond acceptors (Lipinski definition) is 5. The third-order valence-corrected chi connectivity index (χ3v) is 7.31. The monoisotopic (exact) mass is 399 g/mol. The Kier molecular flexibility index (Phi) is 5.71. The fraction of sp³-hybridized carbons (Fsp3) is 0.783. The molecule has 1 aliphatic heterocycles. The average molecular weight is 400 g/mol. The van der Waals surface area contributed by atoms with E-state index >= 15 is 0 Å². The highest BCUT2D eigenvalue weighted by molar-refractivity contribution is 6.00. The number of nitrogens with one attached hydrogen (secondary N) is 1. The van der Waals surface area contributed by atoms with Crippen LogP contribution in [0.15, 0.2) is 6.20 Å². The standard InChI is InChI=1S/C23H37N5O/c1-16(17-10-6-5-7-11-17)25-22-24-14-19-20(26-22)28(18-12-8-9-13-18)15-23(2,3)21(29)27(19)4/h14,16-18H,5-13,15H2,1-4H3,(H,24,25,26). The normalized spacial score (nSPS) is 24.3. The lowest BCUT2D eigenvalue weighted by Crippen LogP contribution is -2.45. The number of carbonyl (C=O) groups excluding carboxylic acids is 1. The predicted molar refractivity (Wildman–Crippen MR) is 118 cm³/mol. The van der Waals surface area contributed by atoms with E-state index in [-0.39, 0.29) is 5.91 Å². The van der Waals surface area contributed by atoms with Gasteiger partial charge in [0, 0.05) is 25.7 Å². The second-order valence-corrected chi connectivity index (χ2v) is 10.0. The van der Waals surface area contributed by atoms with Crippen LogP contribution < -0.4 is 15.1 Å². The smallest absolute Gasteiger partial charge is 0.234 e. The van der Waals surface area contributed by atoms with Gasteiger partial charge in [0.1, 0.15) is 5.69 Å². The van der Waals surface area contributed by atoms with Crippen LogP contribution in [0.25, 0.3) is 0 Å². The fourth-order valence-electron chi connectivity index (χ4n) is 5.49. The highest BCUT2D eigenvalue weighted by atomic mass is 16.2. The van der Waals surface area contributed by atoms with Gasteiger partial charge in [-0.25, -0.2) is 4.98 Å². The summed E-state index contributed by atoms with van der Waals surface area (Å²) >= 11 is 0. The molecule has 3 aliphatic rings. The first-order valence-electron chi connectivity index (χ1n) is 11.6. The molecular weight excluding hydrogens is 362 g/mol. The van der Waals surface area contributed by atoms with Crippen molar-refractivity contribution in [3.63, 3.8) is 0 Å². The van der Waals surface area contributed by atoms with E-state index in [9.17, 15) is 4.79 Å². The van der Waals surface area contributed by atoms with Crippen molar-refractivity contribution in [1.29, 1.82) is 0 Å². The van der Waals surface area contributed by atoms with E-state index in [4.69, 9.17) is 4.98 Å². The second kappa shape index (κ2) is 8.11. The van der Waals surface area contributed by atoms with Crippen LogP contribution in [0, 0.1) is 11.3 Å². The van der Waals surface area contributed by atoms with Crippen LogP contribution in [-0.4, -0.2) is 41.6 Å². The first kappa shape index (κ1) is 20.4. The Bertz CT molecular complexity index is 737. The summed E-state index contributed by atoms with van der Waals surface area (Å²) in [4.78, 5) is 26.9. The molecule has 1 aromatic heterocycles. The van der Waals surface area contributed by atoms with Gasteiger partial charge in [-0.2, -0.15) is 4.98 Å². The maximum Gasteiger partial charge on any atom is 0.234 e. The molecule has 29 heavy (non-hydrogen) atoms. The largest absolute Gasteiger partial charge is 0.351 e. The summed E-state index contributed by atoms with van der Waals surface area (Å²) in [5.41, 5.74) is 0.393. The van der Waals surface area contributed by atoms with Crippen molar-refractivity contribution in [3.8, 4) is 0 Å². The zero-order chi connectivity index (χ0) is 20.6. The summed E-state index contributed by atoms with van der Waals surface area (Å²) in [5, 5.41) is 3.59. The van der Waals surface area contributed by atoms with Crippen molar-refractivity contribution in [3.05, 3.63) is 6.20 Å². The fourth-order valence-corrected chi connectivity index (χ4v) is 5.49. The van der Waals surface area contributed by atoms with Crippen LogP contribution in [0.5, 0.6) is 0 Å². The van der Waals surface area contributed by atoms with Crippen LogP contribution in [-0.2, 0) is 4.79 Å². The first-order chi connectivity index (χ1) is 13.9. The van der Waals surface area contributed by atoms with Crippen molar-refractivity contribution in [2.24, 2.45) is 11.3 Å². The van der Waals surface area contributed by atoms with Crippen LogP contribution >= 0.6 is 0 Å². The lowest BCUT2D eigenvalue weighted by Gasteiger charge is -2.34. The van der Waals surface area contributed by atoms with Gasteiger partial charge in [-0.15, -0.1) is 0 Å². The summed E-state index contributed by atoms with van der Waals surface area (Å²) < 4.78 is 0.